The first kappa shape index (κ1) is 15.4. The topological polar surface area (TPSA) is 66.5 Å². The molecule has 4 rings (SSSR count). The molecule has 5 heteroatoms. The van der Waals surface area contributed by atoms with Crippen molar-refractivity contribution in [2.24, 2.45) is 11.8 Å². The zero-order valence-electron chi connectivity index (χ0n) is 13.7. The zero-order chi connectivity index (χ0) is 16.7. The van der Waals surface area contributed by atoms with Crippen LogP contribution in [0.3, 0.4) is 0 Å². The number of nitrogens with zero attached hydrogens (tertiary/aromatic N) is 1. The summed E-state index contributed by atoms with van der Waals surface area (Å²) in [7, 11) is 0. The maximum Gasteiger partial charge on any atom is 0.261 e. The Morgan fingerprint density at radius 1 is 1.08 bits per heavy atom. The smallest absolute Gasteiger partial charge is 0.261 e. The molecule has 3 aliphatic rings. The van der Waals surface area contributed by atoms with Crippen LogP contribution >= 0.6 is 0 Å². The molecule has 2 bridgehead atoms. The molecule has 3 amide bonds. The minimum Gasteiger partial charge on any atom is -0.353 e. The van der Waals surface area contributed by atoms with Crippen LogP contribution in [0.1, 0.15) is 59.2 Å². The van der Waals surface area contributed by atoms with Gasteiger partial charge in [0, 0.05) is 19.0 Å². The van der Waals surface area contributed by atoms with Gasteiger partial charge in [-0.3, -0.25) is 19.3 Å². The molecule has 2 aliphatic carbocycles. The van der Waals surface area contributed by atoms with Gasteiger partial charge in [0.15, 0.2) is 0 Å². The fourth-order valence-corrected chi connectivity index (χ4v) is 4.54. The van der Waals surface area contributed by atoms with Gasteiger partial charge in [0.05, 0.1) is 11.1 Å². The number of carbonyl (C=O) groups is 3. The van der Waals surface area contributed by atoms with Crippen molar-refractivity contribution in [3.8, 4) is 0 Å². The molecule has 1 heterocycles. The number of rotatable bonds is 5. The van der Waals surface area contributed by atoms with Gasteiger partial charge in [-0.15, -0.1) is 0 Å². The van der Waals surface area contributed by atoms with Crippen molar-refractivity contribution in [2.45, 2.75) is 44.6 Å². The van der Waals surface area contributed by atoms with Gasteiger partial charge in [-0.1, -0.05) is 18.6 Å². The van der Waals surface area contributed by atoms with Crippen LogP contribution in [0, 0.1) is 11.8 Å². The molecule has 1 aliphatic heterocycles. The average Bonchev–Trinajstić information content (AvgIpc) is 3.25. The number of imide groups is 1. The normalized spacial score (nSPS) is 27.7. The lowest BCUT2D eigenvalue weighted by atomic mass is 9.95. The van der Waals surface area contributed by atoms with E-state index in [2.05, 4.69) is 5.32 Å². The van der Waals surface area contributed by atoms with Gasteiger partial charge in [-0.05, 0) is 49.7 Å². The highest BCUT2D eigenvalue weighted by Gasteiger charge is 2.40. The molecule has 1 aromatic carbocycles. The highest BCUT2D eigenvalue weighted by molar-refractivity contribution is 6.21. The van der Waals surface area contributed by atoms with Crippen molar-refractivity contribution in [3.05, 3.63) is 35.4 Å². The van der Waals surface area contributed by atoms with Crippen LogP contribution in [0.5, 0.6) is 0 Å². The SMILES string of the molecule is O=C(CCCN1C(=O)c2ccccc2C1=O)N[C@H]1C[C@H]2CC[C@H]1C2. The predicted molar refractivity (Wildman–Crippen MR) is 88.4 cm³/mol. The first-order chi connectivity index (χ1) is 11.6. The standard InChI is InChI=1S/C19H22N2O3/c22-17(20-16-11-12-7-8-13(16)10-12)6-3-9-21-18(23)14-4-1-2-5-15(14)19(21)24/h1-2,4-5,12-13,16H,3,6-11H2,(H,20,22)/t12-,13-,16-/m0/s1. The van der Waals surface area contributed by atoms with Gasteiger partial charge in [0.25, 0.3) is 11.8 Å². The Labute approximate surface area is 141 Å². The van der Waals surface area contributed by atoms with E-state index in [0.717, 1.165) is 12.3 Å². The molecule has 5 nitrogen and oxygen atoms in total. The summed E-state index contributed by atoms with van der Waals surface area (Å²) >= 11 is 0. The molecule has 24 heavy (non-hydrogen) atoms. The molecule has 0 spiro atoms. The Morgan fingerprint density at radius 2 is 1.79 bits per heavy atom. The summed E-state index contributed by atoms with van der Waals surface area (Å²) in [6, 6.07) is 7.22. The molecule has 0 radical (unpaired) electrons. The molecule has 2 saturated carbocycles. The van der Waals surface area contributed by atoms with E-state index >= 15 is 0 Å². The molecule has 0 unspecified atom stereocenters. The first-order valence-corrected chi connectivity index (χ1v) is 8.88. The Hall–Kier alpha value is -2.17. The molecule has 2 fully saturated rings. The van der Waals surface area contributed by atoms with E-state index in [1.54, 1.807) is 24.3 Å². The molecular weight excluding hydrogens is 304 g/mol. The van der Waals surface area contributed by atoms with E-state index in [4.69, 9.17) is 0 Å². The number of carbonyl (C=O) groups excluding carboxylic acids is 3. The van der Waals surface area contributed by atoms with E-state index in [-0.39, 0.29) is 17.7 Å². The van der Waals surface area contributed by atoms with Crippen LogP contribution in [-0.4, -0.2) is 35.2 Å². The minimum absolute atomic E-state index is 0.0455. The molecular formula is C19H22N2O3. The largest absolute Gasteiger partial charge is 0.353 e. The Kier molecular flexibility index (Phi) is 3.87. The van der Waals surface area contributed by atoms with E-state index in [1.165, 1.54) is 24.2 Å². The first-order valence-electron chi connectivity index (χ1n) is 8.88. The van der Waals surface area contributed by atoms with Gasteiger partial charge < -0.3 is 5.32 Å². The quantitative estimate of drug-likeness (QED) is 0.845. The third-order valence-electron chi connectivity index (χ3n) is 5.75. The summed E-state index contributed by atoms with van der Waals surface area (Å²) in [5.74, 6) is 1.02. The third kappa shape index (κ3) is 2.62. The van der Waals surface area contributed by atoms with Gasteiger partial charge in [-0.2, -0.15) is 0 Å². The van der Waals surface area contributed by atoms with Crippen molar-refractivity contribution in [1.29, 1.82) is 0 Å². The second-order valence-corrected chi connectivity index (χ2v) is 7.26. The van der Waals surface area contributed by atoms with Gasteiger partial charge >= 0.3 is 0 Å². The van der Waals surface area contributed by atoms with Crippen LogP contribution in [0.15, 0.2) is 24.3 Å². The van der Waals surface area contributed by atoms with E-state index < -0.39 is 0 Å². The van der Waals surface area contributed by atoms with Crippen LogP contribution in [0.4, 0.5) is 0 Å². The van der Waals surface area contributed by atoms with E-state index in [0.29, 0.717) is 42.5 Å². The Bertz CT molecular complexity index is 665. The molecule has 126 valence electrons. The van der Waals surface area contributed by atoms with Crippen LogP contribution in [-0.2, 0) is 4.79 Å². The number of amides is 3. The van der Waals surface area contributed by atoms with Crippen molar-refractivity contribution in [1.82, 2.24) is 10.2 Å². The molecule has 3 atom stereocenters. The van der Waals surface area contributed by atoms with Crippen LogP contribution in [0.25, 0.3) is 0 Å². The second kappa shape index (κ2) is 6.04. The molecule has 1 N–H and O–H groups in total. The van der Waals surface area contributed by atoms with Crippen LogP contribution < -0.4 is 5.32 Å². The van der Waals surface area contributed by atoms with E-state index in [9.17, 15) is 14.4 Å². The summed E-state index contributed by atoms with van der Waals surface area (Å²) in [5, 5.41) is 3.15. The summed E-state index contributed by atoms with van der Waals surface area (Å²) in [6.07, 6.45) is 5.82. The number of hydrogen-bond acceptors (Lipinski definition) is 3. The molecule has 0 saturated heterocycles. The van der Waals surface area contributed by atoms with Gasteiger partial charge in [0.2, 0.25) is 5.91 Å². The van der Waals surface area contributed by atoms with Crippen molar-refractivity contribution in [3.63, 3.8) is 0 Å². The summed E-state index contributed by atoms with van der Waals surface area (Å²) in [4.78, 5) is 37.9. The lowest BCUT2D eigenvalue weighted by molar-refractivity contribution is -0.122. The Balaban J connectivity index is 1.27. The second-order valence-electron chi connectivity index (χ2n) is 7.26. The van der Waals surface area contributed by atoms with Crippen molar-refractivity contribution in [2.75, 3.05) is 6.54 Å². The summed E-state index contributed by atoms with van der Waals surface area (Å²) in [6.45, 7) is 0.302. The lowest BCUT2D eigenvalue weighted by Gasteiger charge is -2.23. The average molecular weight is 326 g/mol. The van der Waals surface area contributed by atoms with Gasteiger partial charge in [0.1, 0.15) is 0 Å². The predicted octanol–water partition coefficient (Wildman–Crippen LogP) is 2.37. The number of benzene rings is 1. The van der Waals surface area contributed by atoms with Crippen molar-refractivity contribution < 1.29 is 14.4 Å². The molecule has 0 aromatic heterocycles. The minimum atomic E-state index is -0.246. The number of fused-ring (bicyclic) bond motifs is 3. The summed E-state index contributed by atoms with van der Waals surface area (Å²) in [5.41, 5.74) is 0.933. The Morgan fingerprint density at radius 3 is 2.38 bits per heavy atom. The van der Waals surface area contributed by atoms with E-state index in [1.807, 2.05) is 0 Å². The number of hydrogen-bond donors (Lipinski definition) is 1. The fourth-order valence-electron chi connectivity index (χ4n) is 4.54. The highest BCUT2D eigenvalue weighted by Crippen LogP contribution is 2.44. The maximum atomic E-state index is 12.3. The molecule has 1 aromatic rings. The summed E-state index contributed by atoms with van der Waals surface area (Å²) < 4.78 is 0. The number of nitrogens with one attached hydrogen (secondary N) is 1. The zero-order valence-corrected chi connectivity index (χ0v) is 13.7. The third-order valence-corrected chi connectivity index (χ3v) is 5.75. The van der Waals surface area contributed by atoms with Crippen LogP contribution in [0.2, 0.25) is 0 Å². The lowest BCUT2D eigenvalue weighted by Crippen LogP contribution is -2.39. The highest BCUT2D eigenvalue weighted by atomic mass is 16.2. The van der Waals surface area contributed by atoms with Gasteiger partial charge in [-0.25, -0.2) is 0 Å². The fraction of sp³-hybridized carbons (Fsp3) is 0.526. The van der Waals surface area contributed by atoms with Crippen molar-refractivity contribution >= 4 is 17.7 Å². The maximum absolute atomic E-state index is 12.3. The monoisotopic (exact) mass is 326 g/mol.